The number of carbonyl (C=O) groups excluding carboxylic acids is 3. The molecule has 0 heterocycles. The number of ketones is 1. The average Bonchev–Trinajstić information content (AvgIpc) is 3.13. The Morgan fingerprint density at radius 1 is 1.00 bits per heavy atom. The van der Waals surface area contributed by atoms with Gasteiger partial charge in [-0.3, -0.25) is 9.59 Å². The Hall–Kier alpha value is -2.17. The molecule has 0 saturated heterocycles. The first-order valence-corrected chi connectivity index (χ1v) is 12.5. The van der Waals surface area contributed by atoms with Crippen LogP contribution in [0.1, 0.15) is 82.5 Å². The molecule has 7 atom stereocenters. The molecular weight excluding hydrogens is 416 g/mol. The second-order valence-electron chi connectivity index (χ2n) is 11.9. The number of methoxy groups -OCH3 is 1. The standard InChI is InChI=1S/C28H36O5/c1-25-13-14-28(17-25)19(16-21(25)29)15-20(33-23(30)18-9-6-5-7-10-18)22-26(2,24(31)32-4)11-8-12-27(22,28)3/h5-7,9-10,19-20,22H,8,11-17H2,1-4H3/t19-,20+,22-,25-,26+,27-,28-/m0/s1. The summed E-state index contributed by atoms with van der Waals surface area (Å²) in [4.78, 5) is 39.6. The lowest BCUT2D eigenvalue weighted by molar-refractivity contribution is -0.225. The summed E-state index contributed by atoms with van der Waals surface area (Å²) in [5.74, 6) is -0.139. The van der Waals surface area contributed by atoms with Crippen LogP contribution in [0, 0.1) is 33.5 Å². The van der Waals surface area contributed by atoms with Gasteiger partial charge < -0.3 is 9.47 Å². The van der Waals surface area contributed by atoms with Crippen LogP contribution in [-0.4, -0.2) is 30.9 Å². The van der Waals surface area contributed by atoms with Crippen molar-refractivity contribution in [3.05, 3.63) is 35.9 Å². The SMILES string of the molecule is COC(=O)[C@]1(C)CCC[C@@]2(C)[C@H]1[C@H](OC(=O)c1ccccc1)C[C@H]1CC(=O)[C@@]3(C)CC[C@]12C3. The fourth-order valence-electron chi connectivity index (χ4n) is 8.88. The Kier molecular flexibility index (Phi) is 5.08. The van der Waals surface area contributed by atoms with Crippen molar-refractivity contribution in [1.29, 1.82) is 0 Å². The van der Waals surface area contributed by atoms with E-state index in [1.54, 1.807) is 12.1 Å². The predicted molar refractivity (Wildman–Crippen MR) is 123 cm³/mol. The van der Waals surface area contributed by atoms with Crippen LogP contribution < -0.4 is 0 Å². The number of benzene rings is 1. The van der Waals surface area contributed by atoms with Crippen LogP contribution in [0.5, 0.6) is 0 Å². The van der Waals surface area contributed by atoms with Crippen molar-refractivity contribution in [1.82, 2.24) is 0 Å². The molecule has 0 amide bonds. The number of hydrogen-bond donors (Lipinski definition) is 0. The summed E-state index contributed by atoms with van der Waals surface area (Å²) in [6.45, 7) is 6.49. The predicted octanol–water partition coefficient (Wildman–Crippen LogP) is 5.37. The maximum absolute atomic E-state index is 13.2. The van der Waals surface area contributed by atoms with Crippen LogP contribution in [0.2, 0.25) is 0 Å². The zero-order valence-electron chi connectivity index (χ0n) is 20.3. The lowest BCUT2D eigenvalue weighted by Crippen LogP contribution is -2.66. The van der Waals surface area contributed by atoms with Crippen molar-refractivity contribution in [3.8, 4) is 0 Å². The third kappa shape index (κ3) is 2.99. The summed E-state index contributed by atoms with van der Waals surface area (Å²) in [5.41, 5.74) is -0.647. The smallest absolute Gasteiger partial charge is 0.338 e. The number of carbonyl (C=O) groups is 3. The maximum Gasteiger partial charge on any atom is 0.338 e. The van der Waals surface area contributed by atoms with E-state index >= 15 is 0 Å². The van der Waals surface area contributed by atoms with Crippen molar-refractivity contribution in [2.45, 2.75) is 78.2 Å². The molecule has 178 valence electrons. The van der Waals surface area contributed by atoms with E-state index in [1.165, 1.54) is 7.11 Å². The van der Waals surface area contributed by atoms with Gasteiger partial charge in [0.15, 0.2) is 0 Å². The molecule has 5 heteroatoms. The van der Waals surface area contributed by atoms with Gasteiger partial charge in [0.1, 0.15) is 11.9 Å². The molecule has 4 aliphatic rings. The second-order valence-corrected chi connectivity index (χ2v) is 11.9. The monoisotopic (exact) mass is 452 g/mol. The Morgan fingerprint density at radius 2 is 1.73 bits per heavy atom. The molecule has 5 nitrogen and oxygen atoms in total. The molecule has 0 unspecified atom stereocenters. The minimum absolute atomic E-state index is 0.00564. The molecule has 4 aliphatic carbocycles. The molecule has 2 bridgehead atoms. The number of fused-ring (bicyclic) bond motifs is 2. The van der Waals surface area contributed by atoms with E-state index < -0.39 is 11.5 Å². The lowest BCUT2D eigenvalue weighted by atomic mass is 9.37. The molecular formula is C28H36O5. The van der Waals surface area contributed by atoms with Gasteiger partial charge in [0.2, 0.25) is 0 Å². The fourth-order valence-corrected chi connectivity index (χ4v) is 8.88. The van der Waals surface area contributed by atoms with Crippen LogP contribution in [0.4, 0.5) is 0 Å². The molecule has 0 N–H and O–H groups in total. The Morgan fingerprint density at radius 3 is 2.42 bits per heavy atom. The zero-order valence-corrected chi connectivity index (χ0v) is 20.3. The highest BCUT2D eigenvalue weighted by Gasteiger charge is 2.73. The van der Waals surface area contributed by atoms with Crippen LogP contribution in [0.3, 0.4) is 0 Å². The number of ether oxygens (including phenoxy) is 2. The molecule has 0 radical (unpaired) electrons. The molecule has 4 saturated carbocycles. The normalized spacial score (nSPS) is 43.9. The van der Waals surface area contributed by atoms with E-state index in [9.17, 15) is 14.4 Å². The van der Waals surface area contributed by atoms with Crippen molar-refractivity contribution >= 4 is 17.7 Å². The Balaban J connectivity index is 1.60. The van der Waals surface area contributed by atoms with Crippen molar-refractivity contribution < 1.29 is 23.9 Å². The molecule has 1 aromatic rings. The van der Waals surface area contributed by atoms with Gasteiger partial charge in [-0.15, -0.1) is 0 Å². The summed E-state index contributed by atoms with van der Waals surface area (Å²) in [6.07, 6.45) is 6.29. The molecule has 1 spiro atoms. The summed E-state index contributed by atoms with van der Waals surface area (Å²) < 4.78 is 11.6. The minimum atomic E-state index is -0.719. The largest absolute Gasteiger partial charge is 0.469 e. The molecule has 0 aromatic heterocycles. The Bertz CT molecular complexity index is 987. The van der Waals surface area contributed by atoms with E-state index in [0.29, 0.717) is 24.2 Å². The van der Waals surface area contributed by atoms with E-state index in [-0.39, 0.29) is 40.0 Å². The summed E-state index contributed by atoms with van der Waals surface area (Å²) in [7, 11) is 1.46. The zero-order chi connectivity index (χ0) is 23.6. The first-order chi connectivity index (χ1) is 15.6. The third-order valence-electron chi connectivity index (χ3n) is 10.4. The van der Waals surface area contributed by atoms with Gasteiger partial charge in [0.05, 0.1) is 18.1 Å². The van der Waals surface area contributed by atoms with Crippen LogP contribution in [-0.2, 0) is 19.1 Å². The van der Waals surface area contributed by atoms with Crippen LogP contribution in [0.25, 0.3) is 0 Å². The quantitative estimate of drug-likeness (QED) is 0.577. The van der Waals surface area contributed by atoms with Gasteiger partial charge in [-0.05, 0) is 74.3 Å². The van der Waals surface area contributed by atoms with Gasteiger partial charge in [-0.1, -0.05) is 38.5 Å². The van der Waals surface area contributed by atoms with Crippen molar-refractivity contribution in [2.75, 3.05) is 7.11 Å². The molecule has 1 aromatic carbocycles. The molecule has 5 rings (SSSR count). The van der Waals surface area contributed by atoms with Gasteiger partial charge >= 0.3 is 11.9 Å². The minimum Gasteiger partial charge on any atom is -0.469 e. The van der Waals surface area contributed by atoms with Crippen molar-refractivity contribution in [3.63, 3.8) is 0 Å². The van der Waals surface area contributed by atoms with Crippen LogP contribution in [0.15, 0.2) is 30.3 Å². The number of esters is 2. The number of Topliss-reactive ketones (excluding diaryl/α,β-unsaturated/α-hetero) is 1. The number of rotatable bonds is 3. The number of hydrogen-bond acceptors (Lipinski definition) is 5. The molecule has 0 aliphatic heterocycles. The lowest BCUT2D eigenvalue weighted by Gasteiger charge is -2.67. The summed E-state index contributed by atoms with van der Waals surface area (Å²) >= 11 is 0. The van der Waals surface area contributed by atoms with E-state index in [1.807, 2.05) is 25.1 Å². The Labute approximate surface area is 196 Å². The summed E-state index contributed by atoms with van der Waals surface area (Å²) in [6, 6.07) is 9.06. The average molecular weight is 453 g/mol. The first-order valence-electron chi connectivity index (χ1n) is 12.5. The second kappa shape index (κ2) is 7.41. The van der Waals surface area contributed by atoms with E-state index in [4.69, 9.17) is 9.47 Å². The fraction of sp³-hybridized carbons (Fsp3) is 0.679. The highest BCUT2D eigenvalue weighted by Crippen LogP contribution is 2.76. The van der Waals surface area contributed by atoms with Crippen LogP contribution >= 0.6 is 0 Å². The first kappa shape index (κ1) is 22.6. The summed E-state index contributed by atoms with van der Waals surface area (Å²) in [5, 5.41) is 0. The molecule has 4 fully saturated rings. The van der Waals surface area contributed by atoms with Gasteiger partial charge in [-0.25, -0.2) is 4.79 Å². The highest BCUT2D eigenvalue weighted by molar-refractivity contribution is 5.89. The van der Waals surface area contributed by atoms with Gasteiger partial charge in [0.25, 0.3) is 0 Å². The maximum atomic E-state index is 13.2. The van der Waals surface area contributed by atoms with E-state index in [2.05, 4.69) is 13.8 Å². The topological polar surface area (TPSA) is 69.7 Å². The van der Waals surface area contributed by atoms with E-state index in [0.717, 1.165) is 38.5 Å². The van der Waals surface area contributed by atoms with Gasteiger partial charge in [-0.2, -0.15) is 0 Å². The van der Waals surface area contributed by atoms with Gasteiger partial charge in [0, 0.05) is 17.8 Å². The van der Waals surface area contributed by atoms with Crippen molar-refractivity contribution in [2.24, 2.45) is 33.5 Å². The molecule has 33 heavy (non-hydrogen) atoms. The highest BCUT2D eigenvalue weighted by atomic mass is 16.5. The third-order valence-corrected chi connectivity index (χ3v) is 10.4.